The number of nitrogens with one attached hydrogen (secondary N) is 2. The molecule has 0 saturated carbocycles. The van der Waals surface area contributed by atoms with Crippen molar-refractivity contribution in [1.29, 1.82) is 0 Å². The third kappa shape index (κ3) is 6.32. The van der Waals surface area contributed by atoms with Crippen LogP contribution >= 0.6 is 0 Å². The Hall–Kier alpha value is -5.05. The number of anilines is 4. The summed E-state index contributed by atoms with van der Waals surface area (Å²) in [4.78, 5) is 31.9. The Morgan fingerprint density at radius 1 is 1.09 bits per heavy atom. The van der Waals surface area contributed by atoms with Crippen LogP contribution in [0, 0.1) is 0 Å². The lowest BCUT2D eigenvalue weighted by atomic mass is 10.0. The molecular weight excluding hydrogens is 569 g/mol. The molecule has 4 N–H and O–H groups in total. The van der Waals surface area contributed by atoms with Crippen LogP contribution in [0.4, 0.5) is 27.4 Å². The van der Waals surface area contributed by atoms with Crippen LogP contribution in [-0.2, 0) is 0 Å². The number of nitrogen functional groups attached to an aromatic ring is 1. The standard InChI is InChI=1S/C29H34FN11O3/c1-39-9-11-40(12-10-39)23-4-6-26(36-28(23)43-2)35-27-14-21(32-17-33-27)18-3-5-25(20(31)13-18)44-24-7-8-41(16-19(24)30)29(42)22-15-34-38-37-22/h3-6,13-15,17,19,24H,7-12,16,31H2,1-2H3,(H,34,37,38)(H,32,33,35,36)/t19-,24+/m1/s1. The van der Waals surface area contributed by atoms with E-state index in [1.54, 1.807) is 31.4 Å². The number of rotatable bonds is 8. The molecule has 2 aliphatic rings. The predicted molar refractivity (Wildman–Crippen MR) is 162 cm³/mol. The van der Waals surface area contributed by atoms with Crippen LogP contribution in [0.25, 0.3) is 11.3 Å². The summed E-state index contributed by atoms with van der Waals surface area (Å²) >= 11 is 0. The van der Waals surface area contributed by atoms with Crippen molar-refractivity contribution >= 4 is 28.9 Å². The van der Waals surface area contributed by atoms with Gasteiger partial charge in [-0.3, -0.25) is 9.89 Å². The number of halogens is 1. The number of alkyl halides is 1. The highest BCUT2D eigenvalue weighted by Gasteiger charge is 2.34. The summed E-state index contributed by atoms with van der Waals surface area (Å²) in [6, 6.07) is 10.9. The number of H-pyrrole nitrogens is 1. The summed E-state index contributed by atoms with van der Waals surface area (Å²) in [7, 11) is 3.73. The molecule has 2 fully saturated rings. The Labute approximate surface area is 253 Å². The number of hydrogen-bond donors (Lipinski definition) is 3. The molecule has 0 radical (unpaired) electrons. The van der Waals surface area contributed by atoms with Crippen LogP contribution in [0.5, 0.6) is 11.6 Å². The van der Waals surface area contributed by atoms with Crippen molar-refractivity contribution in [1.82, 2.24) is 40.2 Å². The first-order valence-electron chi connectivity index (χ1n) is 14.3. The van der Waals surface area contributed by atoms with Gasteiger partial charge in [0.25, 0.3) is 5.91 Å². The van der Waals surface area contributed by atoms with Crippen molar-refractivity contribution in [2.75, 3.05) is 69.4 Å². The Morgan fingerprint density at radius 3 is 2.66 bits per heavy atom. The predicted octanol–water partition coefficient (Wildman–Crippen LogP) is 2.37. The monoisotopic (exact) mass is 603 g/mol. The smallest absolute Gasteiger partial charge is 0.273 e. The number of hydrogen-bond acceptors (Lipinski definition) is 12. The number of benzene rings is 1. The normalized spacial score (nSPS) is 19.1. The quantitative estimate of drug-likeness (QED) is 0.252. The van der Waals surface area contributed by atoms with Crippen LogP contribution < -0.4 is 25.4 Å². The van der Waals surface area contributed by atoms with Crippen molar-refractivity contribution in [3.8, 4) is 22.9 Å². The number of carbonyl (C=O) groups excluding carboxylic acids is 1. The molecule has 230 valence electrons. The first-order valence-corrected chi connectivity index (χ1v) is 14.3. The van der Waals surface area contributed by atoms with Gasteiger partial charge in [0.15, 0.2) is 6.17 Å². The number of amides is 1. The number of carbonyl (C=O) groups is 1. The SMILES string of the molecule is COc1nc(Nc2cc(-c3ccc(O[C@H]4CCN(C(=O)c5cnn[nH]5)C[C@H]4F)c(N)c3)ncn2)ccc1N1CCN(C)CC1. The molecule has 14 nitrogen and oxygen atoms in total. The number of piperidine rings is 1. The highest BCUT2D eigenvalue weighted by Crippen LogP contribution is 2.32. The largest absolute Gasteiger partial charge is 0.485 e. The second-order valence-electron chi connectivity index (χ2n) is 10.8. The van der Waals surface area contributed by atoms with E-state index in [2.05, 4.69) is 52.5 Å². The van der Waals surface area contributed by atoms with Crippen molar-refractivity contribution in [3.05, 3.63) is 54.6 Å². The maximum atomic E-state index is 15.0. The lowest BCUT2D eigenvalue weighted by Gasteiger charge is -2.34. The summed E-state index contributed by atoms with van der Waals surface area (Å²) in [6.45, 7) is 4.00. The minimum absolute atomic E-state index is 0.101. The molecule has 2 atom stereocenters. The molecule has 2 aliphatic heterocycles. The Morgan fingerprint density at radius 2 is 1.93 bits per heavy atom. The molecule has 0 unspecified atom stereocenters. The summed E-state index contributed by atoms with van der Waals surface area (Å²) in [5.74, 6) is 1.69. The fourth-order valence-electron chi connectivity index (χ4n) is 5.31. The molecule has 0 aliphatic carbocycles. The highest BCUT2D eigenvalue weighted by molar-refractivity contribution is 5.92. The van der Waals surface area contributed by atoms with Gasteiger partial charge >= 0.3 is 0 Å². The lowest BCUT2D eigenvalue weighted by Crippen LogP contribution is -2.49. The van der Waals surface area contributed by atoms with Gasteiger partial charge in [0.2, 0.25) is 5.88 Å². The number of nitrogens with zero attached hydrogens (tertiary/aromatic N) is 8. The van der Waals surface area contributed by atoms with Crippen LogP contribution in [0.15, 0.2) is 48.9 Å². The Balaban J connectivity index is 1.10. The van der Waals surface area contributed by atoms with Gasteiger partial charge in [0.05, 0.1) is 31.2 Å². The van der Waals surface area contributed by atoms with Gasteiger partial charge in [-0.2, -0.15) is 4.98 Å². The van der Waals surface area contributed by atoms with E-state index in [1.165, 1.54) is 17.4 Å². The number of likely N-dealkylation sites (tertiary alicyclic amines) is 1. The molecule has 1 amide bonds. The van der Waals surface area contributed by atoms with E-state index in [-0.39, 0.29) is 18.1 Å². The number of nitrogens with two attached hydrogens (primary N) is 1. The number of methoxy groups -OCH3 is 1. The molecule has 1 aromatic carbocycles. The number of piperazine rings is 1. The average Bonchev–Trinajstić information content (AvgIpc) is 3.58. The molecule has 0 bridgehead atoms. The molecule has 0 spiro atoms. The van der Waals surface area contributed by atoms with Gasteiger partial charge in [-0.05, 0) is 37.4 Å². The van der Waals surface area contributed by atoms with Gasteiger partial charge in [0.1, 0.15) is 41.2 Å². The molecule has 5 heterocycles. The van der Waals surface area contributed by atoms with E-state index in [1.807, 2.05) is 12.1 Å². The Kier molecular flexibility index (Phi) is 8.36. The zero-order valence-electron chi connectivity index (χ0n) is 24.5. The number of likely N-dealkylation sites (N-methyl/N-ethyl adjacent to an activating group) is 1. The zero-order chi connectivity index (χ0) is 30.6. The second-order valence-corrected chi connectivity index (χ2v) is 10.8. The van der Waals surface area contributed by atoms with E-state index in [0.29, 0.717) is 47.6 Å². The Bertz CT molecular complexity index is 1600. The third-order valence-electron chi connectivity index (χ3n) is 7.80. The first kappa shape index (κ1) is 29.0. The van der Waals surface area contributed by atoms with Crippen LogP contribution in [0.1, 0.15) is 16.9 Å². The number of aromatic amines is 1. The van der Waals surface area contributed by atoms with Gasteiger partial charge in [-0.25, -0.2) is 14.4 Å². The fraction of sp³-hybridized carbons (Fsp3) is 0.379. The molecule has 4 aromatic rings. The van der Waals surface area contributed by atoms with Gasteiger partial charge in [0, 0.05) is 50.8 Å². The summed E-state index contributed by atoms with van der Waals surface area (Å²) in [5, 5.41) is 12.9. The maximum absolute atomic E-state index is 15.0. The van der Waals surface area contributed by atoms with Crippen LogP contribution in [0.3, 0.4) is 0 Å². The third-order valence-corrected chi connectivity index (χ3v) is 7.80. The zero-order valence-corrected chi connectivity index (χ0v) is 24.5. The van der Waals surface area contributed by atoms with E-state index < -0.39 is 12.3 Å². The number of aromatic nitrogens is 6. The van der Waals surface area contributed by atoms with Crippen molar-refractivity contribution in [2.24, 2.45) is 0 Å². The van der Waals surface area contributed by atoms with Crippen LogP contribution in [-0.4, -0.2) is 112 Å². The molecular formula is C29H34FN11O3. The summed E-state index contributed by atoms with van der Waals surface area (Å²) in [5.41, 5.74) is 9.20. The topological polar surface area (TPSA) is 164 Å². The minimum atomic E-state index is -1.39. The van der Waals surface area contributed by atoms with Crippen LogP contribution in [0.2, 0.25) is 0 Å². The van der Waals surface area contributed by atoms with E-state index >= 15 is 4.39 Å². The lowest BCUT2D eigenvalue weighted by molar-refractivity contribution is 0.0202. The average molecular weight is 604 g/mol. The first-order chi connectivity index (χ1) is 21.4. The van der Waals surface area contributed by atoms with E-state index in [9.17, 15) is 4.79 Å². The molecule has 2 saturated heterocycles. The molecule has 6 rings (SSSR count). The van der Waals surface area contributed by atoms with Crippen molar-refractivity contribution < 1.29 is 18.7 Å². The summed E-state index contributed by atoms with van der Waals surface area (Å²) < 4.78 is 26.6. The number of pyridine rings is 1. The van der Waals surface area contributed by atoms with E-state index in [0.717, 1.165) is 37.4 Å². The highest BCUT2D eigenvalue weighted by atomic mass is 19.1. The van der Waals surface area contributed by atoms with Crippen molar-refractivity contribution in [2.45, 2.75) is 18.7 Å². The van der Waals surface area contributed by atoms with Crippen molar-refractivity contribution in [3.63, 3.8) is 0 Å². The molecule has 3 aromatic heterocycles. The number of ether oxygens (including phenoxy) is 2. The summed E-state index contributed by atoms with van der Waals surface area (Å²) in [6.07, 6.45) is 0.953. The fourth-order valence-corrected chi connectivity index (χ4v) is 5.31. The maximum Gasteiger partial charge on any atom is 0.273 e. The minimum Gasteiger partial charge on any atom is -0.485 e. The van der Waals surface area contributed by atoms with Gasteiger partial charge in [-0.15, -0.1) is 5.10 Å². The van der Waals surface area contributed by atoms with Gasteiger partial charge < -0.3 is 35.2 Å². The molecule has 15 heteroatoms. The molecule has 44 heavy (non-hydrogen) atoms. The van der Waals surface area contributed by atoms with E-state index in [4.69, 9.17) is 15.2 Å². The van der Waals surface area contributed by atoms with Gasteiger partial charge in [-0.1, -0.05) is 5.21 Å². The second kappa shape index (κ2) is 12.7.